The Morgan fingerprint density at radius 2 is 1.83 bits per heavy atom. The van der Waals surface area contributed by atoms with E-state index in [0.717, 1.165) is 45.6 Å². The summed E-state index contributed by atoms with van der Waals surface area (Å²) in [5.74, 6) is -0.729. The van der Waals surface area contributed by atoms with Gasteiger partial charge in [0.05, 0.1) is 0 Å². The number of rotatable bonds is 6. The zero-order valence-corrected chi connectivity index (χ0v) is 11.5. The van der Waals surface area contributed by atoms with Crippen molar-refractivity contribution < 1.29 is 9.90 Å². The van der Waals surface area contributed by atoms with E-state index < -0.39 is 11.5 Å². The molecule has 2 N–H and O–H groups in total. The Hall–Kier alpha value is -0.650. The van der Waals surface area contributed by atoms with Gasteiger partial charge in [0.1, 0.15) is 5.54 Å². The third-order valence-corrected chi connectivity index (χ3v) is 4.02. The monoisotopic (exact) mass is 255 g/mol. The number of hydrogen-bond donors (Lipinski definition) is 2. The Labute approximate surface area is 109 Å². The van der Waals surface area contributed by atoms with Gasteiger partial charge < -0.3 is 10.0 Å². The second kappa shape index (κ2) is 5.55. The number of nitrogens with zero attached hydrogens (tertiary/aromatic N) is 2. The summed E-state index contributed by atoms with van der Waals surface area (Å²) in [7, 11) is 0. The number of carboxylic acids is 1. The Bertz CT molecular complexity index is 299. The molecular formula is C13H25N3O2. The summed E-state index contributed by atoms with van der Waals surface area (Å²) in [6.45, 7) is 9.74. The summed E-state index contributed by atoms with van der Waals surface area (Å²) < 4.78 is 0. The minimum Gasteiger partial charge on any atom is -0.480 e. The van der Waals surface area contributed by atoms with E-state index in [1.54, 1.807) is 0 Å². The number of aliphatic carboxylic acids is 1. The molecule has 1 heterocycles. The maximum absolute atomic E-state index is 11.5. The molecular weight excluding hydrogens is 230 g/mol. The molecule has 0 radical (unpaired) electrons. The smallest absolute Gasteiger partial charge is 0.324 e. The number of nitrogens with one attached hydrogen (secondary N) is 1. The Morgan fingerprint density at radius 1 is 1.28 bits per heavy atom. The van der Waals surface area contributed by atoms with Crippen LogP contribution in [0, 0.1) is 0 Å². The van der Waals surface area contributed by atoms with Crippen molar-refractivity contribution in [2.45, 2.75) is 38.3 Å². The molecule has 18 heavy (non-hydrogen) atoms. The fourth-order valence-electron chi connectivity index (χ4n) is 2.56. The molecule has 5 heteroatoms. The van der Waals surface area contributed by atoms with Gasteiger partial charge in [-0.1, -0.05) is 6.92 Å². The van der Waals surface area contributed by atoms with Gasteiger partial charge in [0, 0.05) is 38.8 Å². The van der Waals surface area contributed by atoms with E-state index in [0.29, 0.717) is 12.6 Å². The fraction of sp³-hybridized carbons (Fsp3) is 0.923. The quantitative estimate of drug-likeness (QED) is 0.711. The summed E-state index contributed by atoms with van der Waals surface area (Å²) in [6.07, 6.45) is 2.24. The van der Waals surface area contributed by atoms with E-state index in [1.165, 1.54) is 0 Å². The van der Waals surface area contributed by atoms with Gasteiger partial charge in [-0.2, -0.15) is 0 Å². The first-order valence-electron chi connectivity index (χ1n) is 6.99. The average molecular weight is 255 g/mol. The predicted octanol–water partition coefficient (Wildman–Crippen LogP) is 0.219. The molecule has 0 aromatic rings. The first-order chi connectivity index (χ1) is 8.53. The van der Waals surface area contributed by atoms with E-state index in [9.17, 15) is 9.90 Å². The Morgan fingerprint density at radius 3 is 2.28 bits per heavy atom. The second-order valence-electron chi connectivity index (χ2n) is 5.77. The molecule has 1 aliphatic heterocycles. The summed E-state index contributed by atoms with van der Waals surface area (Å²) in [5.41, 5.74) is -0.796. The molecule has 1 saturated carbocycles. The normalized spacial score (nSPS) is 25.9. The lowest BCUT2D eigenvalue weighted by molar-refractivity contribution is -0.145. The van der Waals surface area contributed by atoms with E-state index >= 15 is 0 Å². The molecule has 0 amide bonds. The van der Waals surface area contributed by atoms with Crippen molar-refractivity contribution in [3.05, 3.63) is 0 Å². The van der Waals surface area contributed by atoms with Gasteiger partial charge in [0.25, 0.3) is 0 Å². The number of carbonyl (C=O) groups is 1. The molecule has 2 aliphatic rings. The standard InChI is InChI=1S/C13H25N3O2/c1-3-15-6-8-16(9-7-15)10-13(2,12(17)18)14-11-4-5-11/h11,14H,3-10H2,1-2H3,(H,17,18). The molecule has 0 bridgehead atoms. The largest absolute Gasteiger partial charge is 0.480 e. The van der Waals surface area contributed by atoms with Crippen LogP contribution in [0.3, 0.4) is 0 Å². The van der Waals surface area contributed by atoms with Crippen molar-refractivity contribution in [1.82, 2.24) is 15.1 Å². The van der Waals surface area contributed by atoms with Gasteiger partial charge in [-0.15, -0.1) is 0 Å². The van der Waals surface area contributed by atoms with Crippen molar-refractivity contribution in [1.29, 1.82) is 0 Å². The highest BCUT2D eigenvalue weighted by atomic mass is 16.4. The Balaban J connectivity index is 1.86. The van der Waals surface area contributed by atoms with Crippen molar-refractivity contribution >= 4 is 5.97 Å². The first kappa shape index (κ1) is 13.8. The van der Waals surface area contributed by atoms with Crippen LogP contribution in [0.5, 0.6) is 0 Å². The second-order valence-corrected chi connectivity index (χ2v) is 5.77. The molecule has 1 aliphatic carbocycles. The van der Waals surface area contributed by atoms with Gasteiger partial charge in [-0.3, -0.25) is 15.0 Å². The topological polar surface area (TPSA) is 55.8 Å². The zero-order chi connectivity index (χ0) is 13.2. The lowest BCUT2D eigenvalue weighted by Crippen LogP contribution is -2.60. The maximum atomic E-state index is 11.5. The van der Waals surface area contributed by atoms with Gasteiger partial charge >= 0.3 is 5.97 Å². The third-order valence-electron chi connectivity index (χ3n) is 4.02. The fourth-order valence-corrected chi connectivity index (χ4v) is 2.56. The van der Waals surface area contributed by atoms with Crippen LogP contribution in [0.4, 0.5) is 0 Å². The van der Waals surface area contributed by atoms with E-state index in [4.69, 9.17) is 0 Å². The van der Waals surface area contributed by atoms with Crippen LogP contribution in [0.1, 0.15) is 26.7 Å². The molecule has 0 aromatic carbocycles. The van der Waals surface area contributed by atoms with E-state index in [1.807, 2.05) is 6.92 Å². The lowest BCUT2D eigenvalue weighted by Gasteiger charge is -2.38. The molecule has 104 valence electrons. The number of likely N-dealkylation sites (N-methyl/N-ethyl adjacent to an activating group) is 1. The van der Waals surface area contributed by atoms with Crippen molar-refractivity contribution in [2.75, 3.05) is 39.3 Å². The lowest BCUT2D eigenvalue weighted by atomic mass is 10.0. The molecule has 1 unspecified atom stereocenters. The van der Waals surface area contributed by atoms with Crippen LogP contribution in [0.15, 0.2) is 0 Å². The Kier molecular flexibility index (Phi) is 4.25. The van der Waals surface area contributed by atoms with Crippen LogP contribution in [0.2, 0.25) is 0 Å². The molecule has 1 atom stereocenters. The predicted molar refractivity (Wildman–Crippen MR) is 70.8 cm³/mol. The van der Waals surface area contributed by atoms with Gasteiger partial charge in [-0.25, -0.2) is 0 Å². The van der Waals surface area contributed by atoms with Crippen LogP contribution in [0.25, 0.3) is 0 Å². The highest BCUT2D eigenvalue weighted by Crippen LogP contribution is 2.23. The van der Waals surface area contributed by atoms with Crippen LogP contribution >= 0.6 is 0 Å². The van der Waals surface area contributed by atoms with Crippen molar-refractivity contribution in [2.24, 2.45) is 0 Å². The minimum atomic E-state index is -0.796. The SMILES string of the molecule is CCN1CCN(CC(C)(NC2CC2)C(=O)O)CC1. The molecule has 1 saturated heterocycles. The van der Waals surface area contributed by atoms with Gasteiger partial charge in [0.2, 0.25) is 0 Å². The maximum Gasteiger partial charge on any atom is 0.324 e. The van der Waals surface area contributed by atoms with Crippen molar-refractivity contribution in [3.8, 4) is 0 Å². The third kappa shape index (κ3) is 3.43. The summed E-state index contributed by atoms with van der Waals surface area (Å²) >= 11 is 0. The van der Waals surface area contributed by atoms with E-state index in [2.05, 4.69) is 22.0 Å². The average Bonchev–Trinajstić information content (AvgIpc) is 3.13. The summed E-state index contributed by atoms with van der Waals surface area (Å²) in [4.78, 5) is 16.2. The molecule has 2 rings (SSSR count). The molecule has 5 nitrogen and oxygen atoms in total. The van der Waals surface area contributed by atoms with Crippen LogP contribution < -0.4 is 5.32 Å². The highest BCUT2D eigenvalue weighted by molar-refractivity contribution is 5.78. The number of piperazine rings is 1. The molecule has 0 spiro atoms. The minimum absolute atomic E-state index is 0.419. The molecule has 0 aromatic heterocycles. The van der Waals surface area contributed by atoms with E-state index in [-0.39, 0.29) is 0 Å². The highest BCUT2D eigenvalue weighted by Gasteiger charge is 2.40. The van der Waals surface area contributed by atoms with Crippen LogP contribution in [-0.4, -0.2) is 71.7 Å². The summed E-state index contributed by atoms with van der Waals surface area (Å²) in [6, 6.07) is 0.419. The van der Waals surface area contributed by atoms with Gasteiger partial charge in [-0.05, 0) is 26.3 Å². The summed E-state index contributed by atoms with van der Waals surface area (Å²) in [5, 5.41) is 12.7. The van der Waals surface area contributed by atoms with Crippen LogP contribution in [-0.2, 0) is 4.79 Å². The van der Waals surface area contributed by atoms with Gasteiger partial charge in [0.15, 0.2) is 0 Å². The first-order valence-corrected chi connectivity index (χ1v) is 6.99. The molecule has 2 fully saturated rings. The van der Waals surface area contributed by atoms with Crippen molar-refractivity contribution in [3.63, 3.8) is 0 Å². The number of hydrogen-bond acceptors (Lipinski definition) is 4. The number of carboxylic acid groups (broad SMARTS) is 1. The zero-order valence-electron chi connectivity index (χ0n) is 11.5.